The molecule has 2 aliphatic heterocycles. The first-order valence-electron chi connectivity index (χ1n) is 10.00. The summed E-state index contributed by atoms with van der Waals surface area (Å²) in [4.78, 5) is 33.8. The molecule has 1 unspecified atom stereocenters. The van der Waals surface area contributed by atoms with Crippen LogP contribution in [0.5, 0.6) is 0 Å². The predicted octanol–water partition coefficient (Wildman–Crippen LogP) is 3.60. The summed E-state index contributed by atoms with van der Waals surface area (Å²) in [5, 5.41) is 11.9. The number of carbonyl (C=O) groups is 2. The second kappa shape index (κ2) is 12.1. The fourth-order valence-corrected chi connectivity index (χ4v) is 4.68. The van der Waals surface area contributed by atoms with Crippen LogP contribution in [0.2, 0.25) is 5.02 Å². The lowest BCUT2D eigenvalue weighted by molar-refractivity contribution is -0.138. The van der Waals surface area contributed by atoms with Gasteiger partial charge in [0.05, 0.1) is 18.7 Å². The Balaban J connectivity index is 0.000000323. The van der Waals surface area contributed by atoms with Gasteiger partial charge in [-0.1, -0.05) is 29.6 Å². The number of fused-ring (bicyclic) bond motifs is 1. The Hall–Kier alpha value is -2.47. The van der Waals surface area contributed by atoms with Crippen molar-refractivity contribution in [3.8, 4) is 0 Å². The van der Waals surface area contributed by atoms with Crippen molar-refractivity contribution in [2.75, 3.05) is 25.4 Å². The highest BCUT2D eigenvalue weighted by atomic mass is 35.5. The molecule has 2 aromatic rings. The molecule has 0 aliphatic carbocycles. The van der Waals surface area contributed by atoms with Crippen LogP contribution in [0.1, 0.15) is 18.4 Å². The highest BCUT2D eigenvalue weighted by molar-refractivity contribution is 7.98. The highest BCUT2D eigenvalue weighted by Crippen LogP contribution is 2.32. The largest absolute Gasteiger partial charge is 0.481 e. The number of thiazole rings is 1. The van der Waals surface area contributed by atoms with Crippen LogP contribution >= 0.6 is 34.9 Å². The average Bonchev–Trinajstić information content (AvgIpc) is 3.43. The fraction of sp³-hybridized carbons (Fsp3) is 0.333. The van der Waals surface area contributed by atoms with Gasteiger partial charge in [0, 0.05) is 41.3 Å². The average molecular weight is 513 g/mol. The summed E-state index contributed by atoms with van der Waals surface area (Å²) in [6.45, 7) is 2.96. The molecular weight excluding hydrogens is 491 g/mol. The van der Waals surface area contributed by atoms with Crippen molar-refractivity contribution >= 4 is 52.7 Å². The number of carboxylic acid groups (broad SMARTS) is 1. The molecule has 1 atom stereocenters. The zero-order valence-electron chi connectivity index (χ0n) is 17.7. The lowest BCUT2D eigenvalue weighted by Gasteiger charge is -2.26. The quantitative estimate of drug-likeness (QED) is 0.428. The number of halogens is 2. The van der Waals surface area contributed by atoms with Gasteiger partial charge in [-0.25, -0.2) is 14.2 Å². The molecule has 2 N–H and O–H groups in total. The predicted molar refractivity (Wildman–Crippen MR) is 127 cm³/mol. The molecule has 4 rings (SSSR count). The van der Waals surface area contributed by atoms with Crippen LogP contribution in [0.4, 0.5) is 4.39 Å². The van der Waals surface area contributed by atoms with Gasteiger partial charge >= 0.3 is 11.9 Å². The second-order valence-electron chi connectivity index (χ2n) is 6.87. The number of nitrogens with zero attached hydrogens (tertiary/aromatic N) is 3. The van der Waals surface area contributed by atoms with Crippen LogP contribution in [-0.2, 0) is 14.3 Å². The molecule has 0 saturated carbocycles. The number of benzene rings is 1. The number of hydrogen-bond acceptors (Lipinski definition) is 9. The van der Waals surface area contributed by atoms with Crippen molar-refractivity contribution in [3.05, 3.63) is 63.0 Å². The molecule has 0 bridgehead atoms. The Bertz CT molecular complexity index is 1030. The van der Waals surface area contributed by atoms with Crippen LogP contribution in [0, 0.1) is 5.82 Å². The monoisotopic (exact) mass is 512 g/mol. The number of amidine groups is 1. The molecule has 176 valence electrons. The van der Waals surface area contributed by atoms with Gasteiger partial charge in [-0.3, -0.25) is 14.5 Å². The molecule has 2 aliphatic rings. The van der Waals surface area contributed by atoms with E-state index in [-0.39, 0.29) is 30.1 Å². The first kappa shape index (κ1) is 25.2. The molecule has 1 fully saturated rings. The van der Waals surface area contributed by atoms with Gasteiger partial charge in [0.25, 0.3) is 0 Å². The van der Waals surface area contributed by atoms with E-state index in [0.717, 1.165) is 28.5 Å². The number of hydrogen-bond donors (Lipinski definition) is 2. The van der Waals surface area contributed by atoms with Crippen LogP contribution in [0.15, 0.2) is 52.1 Å². The van der Waals surface area contributed by atoms with E-state index < -0.39 is 5.97 Å². The van der Waals surface area contributed by atoms with Crippen LogP contribution in [0.25, 0.3) is 0 Å². The summed E-state index contributed by atoms with van der Waals surface area (Å²) in [6, 6.07) is 5.84. The third kappa shape index (κ3) is 7.00. The van der Waals surface area contributed by atoms with Gasteiger partial charge in [-0.2, -0.15) is 0 Å². The van der Waals surface area contributed by atoms with Gasteiger partial charge < -0.3 is 14.7 Å². The Morgan fingerprint density at radius 1 is 1.45 bits per heavy atom. The number of aliphatic imine (C=N–C) groups is 1. The lowest BCUT2D eigenvalue weighted by Crippen LogP contribution is -2.36. The number of aromatic nitrogens is 1. The Morgan fingerprint density at radius 2 is 2.27 bits per heavy atom. The molecule has 3 heterocycles. The molecule has 0 spiro atoms. The number of esters is 1. The minimum Gasteiger partial charge on any atom is -0.481 e. The number of carboxylic acids is 1. The molecule has 8 nitrogen and oxygen atoms in total. The van der Waals surface area contributed by atoms with Gasteiger partial charge in [-0.15, -0.1) is 11.3 Å². The van der Waals surface area contributed by atoms with Gasteiger partial charge in [0.2, 0.25) is 0 Å². The zero-order valence-corrected chi connectivity index (χ0v) is 20.1. The number of rotatable bonds is 7. The van der Waals surface area contributed by atoms with Crippen LogP contribution < -0.4 is 4.72 Å². The summed E-state index contributed by atoms with van der Waals surface area (Å²) in [5.74, 6) is -0.774. The summed E-state index contributed by atoms with van der Waals surface area (Å²) < 4.78 is 20.4. The Labute approximate surface area is 203 Å². The highest BCUT2D eigenvalue weighted by Gasteiger charge is 2.37. The van der Waals surface area contributed by atoms with E-state index in [1.54, 1.807) is 25.3 Å². The molecule has 0 radical (unpaired) electrons. The third-order valence-electron chi connectivity index (χ3n) is 4.54. The van der Waals surface area contributed by atoms with Crippen molar-refractivity contribution in [3.63, 3.8) is 0 Å². The van der Waals surface area contributed by atoms with E-state index in [4.69, 9.17) is 21.4 Å². The van der Waals surface area contributed by atoms with E-state index in [9.17, 15) is 14.0 Å². The second-order valence-corrected chi connectivity index (χ2v) is 9.02. The maximum atomic E-state index is 12.3. The molecule has 33 heavy (non-hydrogen) atoms. The summed E-state index contributed by atoms with van der Waals surface area (Å²) in [6.07, 6.45) is 2.34. The topological polar surface area (TPSA) is 104 Å². The molecule has 1 saturated heterocycles. The van der Waals surface area contributed by atoms with E-state index in [0.29, 0.717) is 30.2 Å². The minimum atomic E-state index is -0.871. The maximum Gasteiger partial charge on any atom is 0.337 e. The Kier molecular flexibility index (Phi) is 9.24. The van der Waals surface area contributed by atoms with E-state index in [2.05, 4.69) is 14.7 Å². The van der Waals surface area contributed by atoms with E-state index >= 15 is 0 Å². The van der Waals surface area contributed by atoms with Crippen molar-refractivity contribution < 1.29 is 23.8 Å². The van der Waals surface area contributed by atoms with Crippen molar-refractivity contribution in [1.29, 1.82) is 0 Å². The molecular formula is C21H22ClFN4O4S2. The maximum absolute atomic E-state index is 12.3. The summed E-state index contributed by atoms with van der Waals surface area (Å²) in [5.41, 5.74) is 1.45. The lowest BCUT2D eigenvalue weighted by atomic mass is 10.1. The van der Waals surface area contributed by atoms with Crippen LogP contribution in [-0.4, -0.2) is 64.3 Å². The van der Waals surface area contributed by atoms with Crippen LogP contribution in [0.3, 0.4) is 0 Å². The SMILES string of the molecule is CCOC(=O)C1=C2CC(NSCC(=O)O)CN2C(c2nccs2)=NC1.Fc1cccc(Cl)c1. The van der Waals surface area contributed by atoms with Crippen molar-refractivity contribution in [2.24, 2.45) is 4.99 Å². The normalized spacial score (nSPS) is 17.1. The minimum absolute atomic E-state index is 0.0201. The van der Waals surface area contributed by atoms with Gasteiger partial charge in [-0.05, 0) is 25.1 Å². The van der Waals surface area contributed by atoms with Gasteiger partial charge in [0.1, 0.15) is 11.6 Å². The first-order chi connectivity index (χ1) is 15.9. The fourth-order valence-electron chi connectivity index (χ4n) is 3.25. The number of ether oxygens (including phenoxy) is 1. The summed E-state index contributed by atoms with van der Waals surface area (Å²) >= 11 is 8.06. The first-order valence-corrected chi connectivity index (χ1v) is 12.2. The van der Waals surface area contributed by atoms with Crippen molar-refractivity contribution in [2.45, 2.75) is 19.4 Å². The Morgan fingerprint density at radius 3 is 2.88 bits per heavy atom. The molecule has 12 heteroatoms. The smallest absolute Gasteiger partial charge is 0.337 e. The number of nitrogens with one attached hydrogen (secondary N) is 1. The van der Waals surface area contributed by atoms with E-state index in [1.165, 1.54) is 23.5 Å². The number of aliphatic carboxylic acids is 1. The molecule has 1 aromatic heterocycles. The number of carbonyl (C=O) groups excluding carboxylic acids is 1. The van der Waals surface area contributed by atoms with E-state index in [1.807, 2.05) is 10.3 Å². The summed E-state index contributed by atoms with van der Waals surface area (Å²) in [7, 11) is 0. The molecule has 1 aromatic carbocycles. The molecule has 0 amide bonds. The van der Waals surface area contributed by atoms with Gasteiger partial charge in [0.15, 0.2) is 10.8 Å². The van der Waals surface area contributed by atoms with Crippen molar-refractivity contribution in [1.82, 2.24) is 14.6 Å². The third-order valence-corrected chi connectivity index (χ3v) is 6.43. The standard InChI is InChI=1S/C15H18N4O4S2.C6H4ClF/c1-2-23-15(22)10-6-17-13(14-16-3-4-24-14)19-7-9(5-11(10)19)18-25-8-12(20)21;7-5-2-1-3-6(8)4-5/h3-4,9,18H,2,5-8H2,1H3,(H,20,21);1-4H. The zero-order chi connectivity index (χ0) is 23.8.